The van der Waals surface area contributed by atoms with Crippen LogP contribution in [0.15, 0.2) is 41.2 Å². The molecule has 1 aromatic carbocycles. The van der Waals surface area contributed by atoms with Gasteiger partial charge in [0.05, 0.1) is 12.3 Å². The van der Waals surface area contributed by atoms with Crippen LogP contribution >= 0.6 is 0 Å². The lowest BCUT2D eigenvalue weighted by Crippen LogP contribution is -2.23. The van der Waals surface area contributed by atoms with Crippen LogP contribution in [-0.2, 0) is 6.54 Å². The highest BCUT2D eigenvalue weighted by Gasteiger charge is 2.12. The molecule has 4 nitrogen and oxygen atoms in total. The summed E-state index contributed by atoms with van der Waals surface area (Å²) in [5, 5.41) is 8.95. The molecule has 0 spiro atoms. The van der Waals surface area contributed by atoms with Crippen LogP contribution in [0, 0.1) is 11.3 Å². The van der Waals surface area contributed by atoms with Crippen molar-refractivity contribution in [2.24, 2.45) is 0 Å². The summed E-state index contributed by atoms with van der Waals surface area (Å²) >= 11 is 0. The predicted octanol–water partition coefficient (Wildman–Crippen LogP) is 2.81. The van der Waals surface area contributed by atoms with Crippen molar-refractivity contribution in [3.63, 3.8) is 0 Å². The van der Waals surface area contributed by atoms with Crippen LogP contribution in [0.3, 0.4) is 0 Å². The van der Waals surface area contributed by atoms with Gasteiger partial charge in [-0.15, -0.1) is 0 Å². The fourth-order valence-electron chi connectivity index (χ4n) is 2.17. The summed E-state index contributed by atoms with van der Waals surface area (Å²) in [5.41, 5.74) is 1.52. The van der Waals surface area contributed by atoms with E-state index in [1.165, 1.54) is 0 Å². The van der Waals surface area contributed by atoms with Crippen LogP contribution in [0.25, 0.3) is 11.3 Å². The number of hydrogen-bond acceptors (Lipinski definition) is 3. The summed E-state index contributed by atoms with van der Waals surface area (Å²) in [6, 6.07) is 12.9. The van der Waals surface area contributed by atoms with Gasteiger partial charge >= 0.3 is 0 Å². The van der Waals surface area contributed by atoms with Crippen LogP contribution in [0.5, 0.6) is 5.75 Å². The average Bonchev–Trinajstić information content (AvgIpc) is 2.48. The molecule has 0 radical (unpaired) electrons. The van der Waals surface area contributed by atoms with E-state index in [0.717, 1.165) is 17.0 Å². The van der Waals surface area contributed by atoms with Crippen molar-refractivity contribution in [2.75, 3.05) is 6.61 Å². The third-order valence-electron chi connectivity index (χ3n) is 3.07. The second kappa shape index (κ2) is 6.07. The van der Waals surface area contributed by atoms with Gasteiger partial charge in [0, 0.05) is 12.1 Å². The Morgan fingerprint density at radius 3 is 2.60 bits per heavy atom. The van der Waals surface area contributed by atoms with Gasteiger partial charge in [-0.1, -0.05) is 12.1 Å². The van der Waals surface area contributed by atoms with E-state index >= 15 is 0 Å². The van der Waals surface area contributed by atoms with Gasteiger partial charge in [-0.3, -0.25) is 4.79 Å². The number of benzene rings is 1. The molecular weight excluding hydrogens is 252 g/mol. The van der Waals surface area contributed by atoms with Crippen LogP contribution in [0.4, 0.5) is 0 Å². The Kier molecular flexibility index (Phi) is 4.21. The van der Waals surface area contributed by atoms with E-state index in [1.54, 1.807) is 16.7 Å². The van der Waals surface area contributed by atoms with E-state index in [-0.39, 0.29) is 11.1 Å². The maximum Gasteiger partial charge on any atom is 0.268 e. The summed E-state index contributed by atoms with van der Waals surface area (Å²) in [6.07, 6.45) is 0. The van der Waals surface area contributed by atoms with Crippen molar-refractivity contribution in [1.82, 2.24) is 4.57 Å². The summed E-state index contributed by atoms with van der Waals surface area (Å²) in [6.45, 7) is 4.87. The maximum atomic E-state index is 12.2. The molecule has 0 saturated carbocycles. The molecule has 102 valence electrons. The van der Waals surface area contributed by atoms with Gasteiger partial charge in [0.1, 0.15) is 17.4 Å². The zero-order chi connectivity index (χ0) is 14.5. The van der Waals surface area contributed by atoms with Crippen molar-refractivity contribution in [1.29, 1.82) is 5.26 Å². The third kappa shape index (κ3) is 2.43. The summed E-state index contributed by atoms with van der Waals surface area (Å²) < 4.78 is 7.20. The molecule has 0 aliphatic heterocycles. The molecule has 0 aliphatic rings. The second-order valence-electron chi connectivity index (χ2n) is 4.22. The number of rotatable bonds is 4. The lowest BCUT2D eigenvalue weighted by molar-refractivity contribution is 0.341. The fourth-order valence-corrected chi connectivity index (χ4v) is 2.17. The zero-order valence-electron chi connectivity index (χ0n) is 11.6. The zero-order valence-corrected chi connectivity index (χ0v) is 11.6. The Balaban J connectivity index is 2.68. The van der Waals surface area contributed by atoms with Gasteiger partial charge in [0.25, 0.3) is 5.56 Å². The van der Waals surface area contributed by atoms with Crippen LogP contribution < -0.4 is 10.3 Å². The molecule has 1 heterocycles. The van der Waals surface area contributed by atoms with Gasteiger partial charge in [-0.05, 0) is 38.1 Å². The Hall–Kier alpha value is -2.54. The molecule has 0 atom stereocenters. The van der Waals surface area contributed by atoms with Crippen LogP contribution in [0.1, 0.15) is 19.4 Å². The molecule has 2 aromatic rings. The number of ether oxygens (including phenoxy) is 1. The molecule has 20 heavy (non-hydrogen) atoms. The Morgan fingerprint density at radius 1 is 1.20 bits per heavy atom. The Labute approximate surface area is 117 Å². The number of pyridine rings is 1. The SMILES string of the molecule is CCOc1ccccc1-c1ccc(C#N)c(=O)n1CC. The number of para-hydroxylation sites is 1. The van der Waals surface area contributed by atoms with Gasteiger partial charge in [-0.2, -0.15) is 5.26 Å². The second-order valence-corrected chi connectivity index (χ2v) is 4.22. The number of nitrogens with zero attached hydrogens (tertiary/aromatic N) is 2. The highest BCUT2D eigenvalue weighted by molar-refractivity contribution is 5.68. The normalized spacial score (nSPS) is 10.1. The first-order chi connectivity index (χ1) is 9.72. The van der Waals surface area contributed by atoms with E-state index in [9.17, 15) is 4.79 Å². The minimum atomic E-state index is -0.265. The van der Waals surface area contributed by atoms with Gasteiger partial charge in [-0.25, -0.2) is 0 Å². The van der Waals surface area contributed by atoms with Crippen molar-refractivity contribution in [2.45, 2.75) is 20.4 Å². The van der Waals surface area contributed by atoms with E-state index < -0.39 is 0 Å². The van der Waals surface area contributed by atoms with Crippen molar-refractivity contribution < 1.29 is 4.74 Å². The standard InChI is InChI=1S/C16H16N2O2/c1-3-18-14(10-9-12(11-17)16(18)19)13-7-5-6-8-15(13)20-4-2/h5-10H,3-4H2,1-2H3. The molecule has 0 N–H and O–H groups in total. The van der Waals surface area contributed by atoms with Gasteiger partial charge in [0.15, 0.2) is 0 Å². The molecule has 0 amide bonds. The van der Waals surface area contributed by atoms with E-state index in [0.29, 0.717) is 13.2 Å². The topological polar surface area (TPSA) is 55.0 Å². The van der Waals surface area contributed by atoms with E-state index in [2.05, 4.69) is 0 Å². The van der Waals surface area contributed by atoms with Crippen molar-refractivity contribution >= 4 is 0 Å². The summed E-state index contributed by atoms with van der Waals surface area (Å²) in [5.74, 6) is 0.737. The average molecular weight is 268 g/mol. The van der Waals surface area contributed by atoms with Gasteiger partial charge in [0.2, 0.25) is 0 Å². The third-order valence-corrected chi connectivity index (χ3v) is 3.07. The molecule has 0 fully saturated rings. The van der Waals surface area contributed by atoms with Gasteiger partial charge < -0.3 is 9.30 Å². The summed E-state index contributed by atoms with van der Waals surface area (Å²) in [7, 11) is 0. The number of nitriles is 1. The van der Waals surface area contributed by atoms with Crippen LogP contribution in [0.2, 0.25) is 0 Å². The van der Waals surface area contributed by atoms with E-state index in [4.69, 9.17) is 10.00 Å². The first kappa shape index (κ1) is 13.9. The minimum Gasteiger partial charge on any atom is -0.493 e. The highest BCUT2D eigenvalue weighted by Crippen LogP contribution is 2.29. The van der Waals surface area contributed by atoms with Crippen molar-refractivity contribution in [3.8, 4) is 23.1 Å². The first-order valence-corrected chi connectivity index (χ1v) is 6.59. The van der Waals surface area contributed by atoms with Crippen molar-refractivity contribution in [3.05, 3.63) is 52.3 Å². The largest absolute Gasteiger partial charge is 0.493 e. The maximum absolute atomic E-state index is 12.2. The molecule has 2 rings (SSSR count). The molecule has 4 heteroatoms. The lowest BCUT2D eigenvalue weighted by Gasteiger charge is -2.15. The molecule has 0 aliphatic carbocycles. The lowest BCUT2D eigenvalue weighted by atomic mass is 10.1. The smallest absolute Gasteiger partial charge is 0.268 e. The molecule has 0 bridgehead atoms. The molecule has 0 unspecified atom stereocenters. The highest BCUT2D eigenvalue weighted by atomic mass is 16.5. The number of aromatic nitrogens is 1. The predicted molar refractivity (Wildman–Crippen MR) is 77.7 cm³/mol. The molecule has 1 aromatic heterocycles. The molecule has 0 saturated heterocycles. The quantitative estimate of drug-likeness (QED) is 0.856. The fraction of sp³-hybridized carbons (Fsp3) is 0.250. The minimum absolute atomic E-state index is 0.157. The Bertz CT molecular complexity index is 711. The monoisotopic (exact) mass is 268 g/mol. The summed E-state index contributed by atoms with van der Waals surface area (Å²) in [4.78, 5) is 12.2. The van der Waals surface area contributed by atoms with Crippen LogP contribution in [-0.4, -0.2) is 11.2 Å². The number of hydrogen-bond donors (Lipinski definition) is 0. The Morgan fingerprint density at radius 2 is 1.95 bits per heavy atom. The van der Waals surface area contributed by atoms with E-state index in [1.807, 2.05) is 44.2 Å². The molecular formula is C16H16N2O2. The first-order valence-electron chi connectivity index (χ1n) is 6.59.